The van der Waals surface area contributed by atoms with Crippen molar-refractivity contribution in [2.45, 2.75) is 44.7 Å². The Morgan fingerprint density at radius 3 is 2.39 bits per heavy atom. The summed E-state index contributed by atoms with van der Waals surface area (Å²) in [5, 5.41) is 5.74. The minimum absolute atomic E-state index is 0.156. The van der Waals surface area contributed by atoms with Crippen LogP contribution in [0.5, 0.6) is 5.75 Å². The second kappa shape index (κ2) is 12.1. The maximum atomic E-state index is 12.9. The highest BCUT2D eigenvalue weighted by Crippen LogP contribution is 2.23. The average Bonchev–Trinajstić information content (AvgIpc) is 2.83. The standard InChI is InChI=1S/C25H32N2O4/c1-30-22-14-12-19(13-15-22)16-26-25(29)23(18-31-17-20-8-4-2-5-9-20)27-24(28)21-10-6-3-7-11-21/h3,6-7,10-15,20,23H,2,4-5,8-9,16-18H2,1H3,(H,26,29)(H,27,28)/t23-/m0/s1. The van der Waals surface area contributed by atoms with Crippen LogP contribution in [0.4, 0.5) is 0 Å². The molecule has 31 heavy (non-hydrogen) atoms. The van der Waals surface area contributed by atoms with E-state index in [1.165, 1.54) is 32.1 Å². The molecule has 0 radical (unpaired) electrons. The summed E-state index contributed by atoms with van der Waals surface area (Å²) in [5.41, 5.74) is 1.47. The van der Waals surface area contributed by atoms with E-state index in [1.807, 2.05) is 30.3 Å². The number of benzene rings is 2. The summed E-state index contributed by atoms with van der Waals surface area (Å²) in [4.78, 5) is 25.5. The van der Waals surface area contributed by atoms with E-state index in [4.69, 9.17) is 9.47 Å². The molecule has 0 aromatic heterocycles. The second-order valence-corrected chi connectivity index (χ2v) is 8.00. The van der Waals surface area contributed by atoms with Crippen molar-refractivity contribution in [3.05, 3.63) is 65.7 Å². The minimum Gasteiger partial charge on any atom is -0.497 e. The SMILES string of the molecule is COc1ccc(CNC(=O)[C@H](COCC2CCCCC2)NC(=O)c2ccccc2)cc1. The van der Waals surface area contributed by atoms with Crippen LogP contribution in [0.2, 0.25) is 0 Å². The molecule has 2 amide bonds. The highest BCUT2D eigenvalue weighted by Gasteiger charge is 2.23. The van der Waals surface area contributed by atoms with E-state index < -0.39 is 6.04 Å². The highest BCUT2D eigenvalue weighted by molar-refractivity contribution is 5.97. The van der Waals surface area contributed by atoms with E-state index in [-0.39, 0.29) is 18.4 Å². The molecule has 0 heterocycles. The third kappa shape index (κ3) is 7.40. The summed E-state index contributed by atoms with van der Waals surface area (Å²) < 4.78 is 11.0. The number of rotatable bonds is 10. The smallest absolute Gasteiger partial charge is 0.251 e. The molecule has 1 aliphatic carbocycles. The zero-order valence-electron chi connectivity index (χ0n) is 18.1. The summed E-state index contributed by atoms with van der Waals surface area (Å²) in [7, 11) is 1.62. The first kappa shape index (κ1) is 22.8. The Labute approximate surface area is 184 Å². The summed E-state index contributed by atoms with van der Waals surface area (Å²) >= 11 is 0. The molecule has 3 rings (SSSR count). The van der Waals surface area contributed by atoms with Crippen molar-refractivity contribution >= 4 is 11.8 Å². The zero-order valence-corrected chi connectivity index (χ0v) is 18.1. The zero-order chi connectivity index (χ0) is 21.9. The van der Waals surface area contributed by atoms with Crippen LogP contribution in [0, 0.1) is 5.92 Å². The number of carbonyl (C=O) groups is 2. The van der Waals surface area contributed by atoms with Gasteiger partial charge in [0.2, 0.25) is 5.91 Å². The van der Waals surface area contributed by atoms with Crippen LogP contribution in [0.15, 0.2) is 54.6 Å². The number of hydrogen-bond donors (Lipinski definition) is 2. The Balaban J connectivity index is 1.57. The second-order valence-electron chi connectivity index (χ2n) is 8.00. The Hall–Kier alpha value is -2.86. The highest BCUT2D eigenvalue weighted by atomic mass is 16.5. The van der Waals surface area contributed by atoms with Crippen molar-refractivity contribution < 1.29 is 19.1 Å². The van der Waals surface area contributed by atoms with Gasteiger partial charge in [-0.25, -0.2) is 0 Å². The molecule has 0 unspecified atom stereocenters. The van der Waals surface area contributed by atoms with E-state index >= 15 is 0 Å². The molecule has 1 atom stereocenters. The van der Waals surface area contributed by atoms with Crippen molar-refractivity contribution in [1.29, 1.82) is 0 Å². The number of methoxy groups -OCH3 is 1. The van der Waals surface area contributed by atoms with Crippen LogP contribution in [0.3, 0.4) is 0 Å². The number of carbonyl (C=O) groups excluding carboxylic acids is 2. The molecule has 0 spiro atoms. The van der Waals surface area contributed by atoms with Crippen molar-refractivity contribution in [3.8, 4) is 5.75 Å². The summed E-state index contributed by atoms with van der Waals surface area (Å²) in [6.45, 7) is 1.15. The molecule has 1 fully saturated rings. The van der Waals surface area contributed by atoms with Gasteiger partial charge in [-0.3, -0.25) is 9.59 Å². The Kier molecular flexibility index (Phi) is 8.91. The number of amides is 2. The molecule has 1 aliphatic rings. The number of ether oxygens (including phenoxy) is 2. The van der Waals surface area contributed by atoms with E-state index in [0.29, 0.717) is 24.6 Å². The molecule has 2 N–H and O–H groups in total. The van der Waals surface area contributed by atoms with Crippen LogP contribution in [-0.4, -0.2) is 38.2 Å². The largest absolute Gasteiger partial charge is 0.497 e. The van der Waals surface area contributed by atoms with Crippen molar-refractivity contribution in [2.24, 2.45) is 5.92 Å². The normalized spacial score (nSPS) is 15.1. The molecule has 2 aromatic carbocycles. The lowest BCUT2D eigenvalue weighted by Gasteiger charge is -2.23. The first-order valence-electron chi connectivity index (χ1n) is 11.0. The molecule has 0 saturated heterocycles. The van der Waals surface area contributed by atoms with E-state index in [1.54, 1.807) is 31.4 Å². The summed E-state index contributed by atoms with van der Waals surface area (Å²) in [6, 6.07) is 15.6. The summed E-state index contributed by atoms with van der Waals surface area (Å²) in [6.07, 6.45) is 6.12. The van der Waals surface area contributed by atoms with Gasteiger partial charge in [-0.2, -0.15) is 0 Å². The third-order valence-corrected chi connectivity index (χ3v) is 5.65. The molecule has 2 aromatic rings. The molecule has 6 heteroatoms. The number of nitrogens with one attached hydrogen (secondary N) is 2. The van der Waals surface area contributed by atoms with Crippen LogP contribution in [-0.2, 0) is 16.1 Å². The first-order chi connectivity index (χ1) is 15.2. The molecule has 166 valence electrons. The Morgan fingerprint density at radius 2 is 1.71 bits per heavy atom. The maximum absolute atomic E-state index is 12.9. The predicted molar refractivity (Wildman–Crippen MR) is 120 cm³/mol. The van der Waals surface area contributed by atoms with Crippen molar-refractivity contribution in [1.82, 2.24) is 10.6 Å². The first-order valence-corrected chi connectivity index (χ1v) is 11.0. The molecule has 0 aliphatic heterocycles. The van der Waals surface area contributed by atoms with Gasteiger partial charge in [0.25, 0.3) is 5.91 Å². The van der Waals surface area contributed by atoms with Crippen LogP contribution in [0.25, 0.3) is 0 Å². The fraction of sp³-hybridized carbons (Fsp3) is 0.440. The van der Waals surface area contributed by atoms with Gasteiger partial charge in [-0.1, -0.05) is 49.6 Å². The van der Waals surface area contributed by atoms with Crippen molar-refractivity contribution in [2.75, 3.05) is 20.3 Å². The lowest BCUT2D eigenvalue weighted by molar-refractivity contribution is -0.124. The maximum Gasteiger partial charge on any atom is 0.251 e. The lowest BCUT2D eigenvalue weighted by atomic mass is 9.90. The van der Waals surface area contributed by atoms with Gasteiger partial charge in [0.1, 0.15) is 11.8 Å². The average molecular weight is 425 g/mol. The third-order valence-electron chi connectivity index (χ3n) is 5.65. The van der Waals surface area contributed by atoms with Crippen LogP contribution >= 0.6 is 0 Å². The predicted octanol–water partition coefficient (Wildman–Crippen LogP) is 3.71. The molecule has 1 saturated carbocycles. The minimum atomic E-state index is -0.755. The van der Waals surface area contributed by atoms with Gasteiger partial charge in [0.15, 0.2) is 0 Å². The fourth-order valence-corrected chi connectivity index (χ4v) is 3.78. The van der Waals surface area contributed by atoms with Gasteiger partial charge in [-0.15, -0.1) is 0 Å². The topological polar surface area (TPSA) is 76.7 Å². The van der Waals surface area contributed by atoms with Gasteiger partial charge in [0, 0.05) is 18.7 Å². The molecule has 0 bridgehead atoms. The number of hydrogen-bond acceptors (Lipinski definition) is 4. The molecular weight excluding hydrogens is 392 g/mol. The van der Waals surface area contributed by atoms with Crippen LogP contribution in [0.1, 0.15) is 48.0 Å². The van der Waals surface area contributed by atoms with Gasteiger partial charge in [-0.05, 0) is 48.6 Å². The van der Waals surface area contributed by atoms with Crippen molar-refractivity contribution in [3.63, 3.8) is 0 Å². The van der Waals surface area contributed by atoms with Gasteiger partial charge < -0.3 is 20.1 Å². The van der Waals surface area contributed by atoms with E-state index in [2.05, 4.69) is 10.6 Å². The van der Waals surface area contributed by atoms with E-state index in [0.717, 1.165) is 11.3 Å². The fourth-order valence-electron chi connectivity index (χ4n) is 3.78. The lowest BCUT2D eigenvalue weighted by Crippen LogP contribution is -2.49. The quantitative estimate of drug-likeness (QED) is 0.610. The monoisotopic (exact) mass is 424 g/mol. The summed E-state index contributed by atoms with van der Waals surface area (Å²) in [5.74, 6) is 0.760. The van der Waals surface area contributed by atoms with E-state index in [9.17, 15) is 9.59 Å². The van der Waals surface area contributed by atoms with Gasteiger partial charge in [0.05, 0.1) is 13.7 Å². The Morgan fingerprint density at radius 1 is 1.00 bits per heavy atom. The Bertz CT molecular complexity index is 817. The van der Waals surface area contributed by atoms with Crippen LogP contribution < -0.4 is 15.4 Å². The molecule has 6 nitrogen and oxygen atoms in total. The van der Waals surface area contributed by atoms with Gasteiger partial charge >= 0.3 is 0 Å². The molecular formula is C25H32N2O4.